The van der Waals surface area contributed by atoms with Gasteiger partial charge in [0.25, 0.3) is 10.0 Å². The minimum absolute atomic E-state index is 0.0463. The summed E-state index contributed by atoms with van der Waals surface area (Å²) in [7, 11) is -4.08. The van der Waals surface area contributed by atoms with Crippen LogP contribution in [0.15, 0.2) is 77.7 Å². The SMILES string of the molecule is CC[C@@H](C)NC(=O)[C@H](C)N(CCc1ccccc1)C(=O)CN(c1ccc(C)c(C)c1)S(=O)(=O)c1ccc(C)cc1. The van der Waals surface area contributed by atoms with Crippen molar-refractivity contribution in [1.82, 2.24) is 10.2 Å². The minimum Gasteiger partial charge on any atom is -0.352 e. The third kappa shape index (κ3) is 7.72. The molecular weight excluding hydrogens is 522 g/mol. The Morgan fingerprint density at radius 2 is 1.52 bits per heavy atom. The van der Waals surface area contributed by atoms with Crippen LogP contribution in [0.25, 0.3) is 0 Å². The molecule has 40 heavy (non-hydrogen) atoms. The van der Waals surface area contributed by atoms with E-state index in [1.54, 1.807) is 43.3 Å². The Hall–Kier alpha value is -3.65. The first-order chi connectivity index (χ1) is 18.9. The predicted octanol–water partition coefficient (Wildman–Crippen LogP) is 5.18. The van der Waals surface area contributed by atoms with E-state index in [0.717, 1.165) is 33.0 Å². The maximum absolute atomic E-state index is 14.0. The van der Waals surface area contributed by atoms with Crippen LogP contribution in [0.4, 0.5) is 5.69 Å². The van der Waals surface area contributed by atoms with Crippen LogP contribution < -0.4 is 9.62 Å². The highest BCUT2D eigenvalue weighted by Gasteiger charge is 2.32. The number of aryl methyl sites for hydroxylation is 3. The standard InChI is InChI=1S/C32H41N3O4S/c1-7-26(5)33-32(37)27(6)34(20-19-28-11-9-8-10-12-28)31(36)22-35(29-16-15-24(3)25(4)21-29)40(38,39)30-17-13-23(2)14-18-30/h8-18,21,26-27H,7,19-20,22H2,1-6H3,(H,33,37)/t26-,27+/m1/s1. The fraction of sp³-hybridized carbons (Fsp3) is 0.375. The molecule has 3 rings (SSSR count). The maximum Gasteiger partial charge on any atom is 0.264 e. The van der Waals surface area contributed by atoms with Gasteiger partial charge in [-0.25, -0.2) is 8.42 Å². The molecule has 0 aromatic heterocycles. The van der Waals surface area contributed by atoms with E-state index in [0.29, 0.717) is 12.1 Å². The summed E-state index contributed by atoms with van der Waals surface area (Å²) in [6.07, 6.45) is 1.29. The number of nitrogens with zero attached hydrogens (tertiary/aromatic N) is 2. The van der Waals surface area contributed by atoms with Gasteiger partial charge in [0.1, 0.15) is 12.6 Å². The summed E-state index contributed by atoms with van der Waals surface area (Å²) >= 11 is 0. The Balaban J connectivity index is 2.00. The van der Waals surface area contributed by atoms with Gasteiger partial charge in [0.15, 0.2) is 0 Å². The molecule has 0 aliphatic carbocycles. The molecule has 0 saturated carbocycles. The van der Waals surface area contributed by atoms with Crippen molar-refractivity contribution < 1.29 is 18.0 Å². The molecule has 0 bridgehead atoms. The summed E-state index contributed by atoms with van der Waals surface area (Å²) in [6, 6.07) is 20.8. The summed E-state index contributed by atoms with van der Waals surface area (Å²) in [4.78, 5) is 28.7. The van der Waals surface area contributed by atoms with Gasteiger partial charge in [0, 0.05) is 12.6 Å². The molecule has 3 aromatic carbocycles. The molecule has 2 amide bonds. The van der Waals surface area contributed by atoms with E-state index in [2.05, 4.69) is 5.32 Å². The number of benzene rings is 3. The molecule has 0 heterocycles. The highest BCUT2D eigenvalue weighted by Crippen LogP contribution is 2.26. The normalized spacial score (nSPS) is 12.8. The molecule has 0 unspecified atom stereocenters. The molecule has 1 N–H and O–H groups in total. The van der Waals surface area contributed by atoms with Gasteiger partial charge in [-0.3, -0.25) is 13.9 Å². The Bertz CT molecular complexity index is 1410. The van der Waals surface area contributed by atoms with Crippen molar-refractivity contribution in [1.29, 1.82) is 0 Å². The van der Waals surface area contributed by atoms with Gasteiger partial charge >= 0.3 is 0 Å². The fourth-order valence-corrected chi connectivity index (χ4v) is 5.69. The van der Waals surface area contributed by atoms with Crippen molar-refractivity contribution in [3.05, 3.63) is 95.1 Å². The maximum atomic E-state index is 14.0. The van der Waals surface area contributed by atoms with Gasteiger partial charge in [0.2, 0.25) is 11.8 Å². The number of carbonyl (C=O) groups excluding carboxylic acids is 2. The molecule has 8 heteroatoms. The number of anilines is 1. The van der Waals surface area contributed by atoms with Gasteiger partial charge in [-0.2, -0.15) is 0 Å². The summed E-state index contributed by atoms with van der Waals surface area (Å²) < 4.78 is 29.0. The molecule has 0 aliphatic heterocycles. The van der Waals surface area contributed by atoms with Crippen LogP contribution in [0, 0.1) is 20.8 Å². The van der Waals surface area contributed by atoms with Crippen LogP contribution in [0.1, 0.15) is 49.4 Å². The molecule has 0 saturated heterocycles. The first kappa shape index (κ1) is 30.9. The largest absolute Gasteiger partial charge is 0.352 e. The second-order valence-electron chi connectivity index (χ2n) is 10.4. The lowest BCUT2D eigenvalue weighted by Gasteiger charge is -2.32. The van der Waals surface area contributed by atoms with Crippen LogP contribution in [-0.4, -0.2) is 50.3 Å². The number of hydrogen-bond acceptors (Lipinski definition) is 4. The van der Waals surface area contributed by atoms with Crippen molar-refractivity contribution >= 4 is 27.5 Å². The van der Waals surface area contributed by atoms with Gasteiger partial charge in [-0.15, -0.1) is 0 Å². The number of sulfonamides is 1. The summed E-state index contributed by atoms with van der Waals surface area (Å²) in [5.74, 6) is -0.716. The van der Waals surface area contributed by atoms with E-state index in [1.807, 2.05) is 71.0 Å². The van der Waals surface area contributed by atoms with Crippen LogP contribution in [0.5, 0.6) is 0 Å². The van der Waals surface area contributed by atoms with Crippen LogP contribution in [-0.2, 0) is 26.0 Å². The van der Waals surface area contributed by atoms with Crippen molar-refractivity contribution in [2.45, 2.75) is 71.4 Å². The number of nitrogens with one attached hydrogen (secondary N) is 1. The average Bonchev–Trinajstić information content (AvgIpc) is 2.93. The summed E-state index contributed by atoms with van der Waals surface area (Å²) in [5.41, 5.74) is 4.28. The number of hydrogen-bond donors (Lipinski definition) is 1. The zero-order chi connectivity index (χ0) is 29.4. The number of amides is 2. The van der Waals surface area contributed by atoms with E-state index < -0.39 is 28.5 Å². The van der Waals surface area contributed by atoms with Gasteiger partial charge in [-0.1, -0.05) is 61.0 Å². The molecular formula is C32H41N3O4S. The third-order valence-electron chi connectivity index (χ3n) is 7.32. The summed E-state index contributed by atoms with van der Waals surface area (Å²) in [5, 5.41) is 2.96. The first-order valence-corrected chi connectivity index (χ1v) is 15.2. The molecule has 2 atom stereocenters. The number of carbonyl (C=O) groups is 2. The zero-order valence-electron chi connectivity index (χ0n) is 24.3. The lowest BCUT2D eigenvalue weighted by Crippen LogP contribution is -2.53. The Kier molecular flexibility index (Phi) is 10.5. The second-order valence-corrected chi connectivity index (χ2v) is 12.3. The molecule has 7 nitrogen and oxygen atoms in total. The Morgan fingerprint density at radius 1 is 0.875 bits per heavy atom. The van der Waals surface area contributed by atoms with Crippen molar-refractivity contribution in [3.63, 3.8) is 0 Å². The molecule has 0 radical (unpaired) electrons. The van der Waals surface area contributed by atoms with Crippen LogP contribution >= 0.6 is 0 Å². The van der Waals surface area contributed by atoms with Gasteiger partial charge in [0.05, 0.1) is 10.6 Å². The second kappa shape index (κ2) is 13.6. The molecule has 214 valence electrons. The van der Waals surface area contributed by atoms with Crippen LogP contribution in [0.3, 0.4) is 0 Å². The van der Waals surface area contributed by atoms with E-state index in [9.17, 15) is 18.0 Å². The zero-order valence-corrected chi connectivity index (χ0v) is 25.2. The van der Waals surface area contributed by atoms with E-state index >= 15 is 0 Å². The Labute approximate surface area is 239 Å². The van der Waals surface area contributed by atoms with Crippen molar-refractivity contribution in [3.8, 4) is 0 Å². The van der Waals surface area contributed by atoms with Crippen molar-refractivity contribution in [2.75, 3.05) is 17.4 Å². The lowest BCUT2D eigenvalue weighted by atomic mass is 10.1. The average molecular weight is 564 g/mol. The first-order valence-electron chi connectivity index (χ1n) is 13.7. The minimum atomic E-state index is -4.08. The summed E-state index contributed by atoms with van der Waals surface area (Å²) in [6.45, 7) is 11.2. The predicted molar refractivity (Wildman–Crippen MR) is 161 cm³/mol. The molecule has 0 spiro atoms. The molecule has 3 aromatic rings. The van der Waals surface area contributed by atoms with Crippen LogP contribution in [0.2, 0.25) is 0 Å². The smallest absolute Gasteiger partial charge is 0.264 e. The Morgan fingerprint density at radius 3 is 2.12 bits per heavy atom. The van der Waals surface area contributed by atoms with Crippen molar-refractivity contribution in [2.24, 2.45) is 0 Å². The number of rotatable bonds is 12. The highest BCUT2D eigenvalue weighted by molar-refractivity contribution is 7.92. The third-order valence-corrected chi connectivity index (χ3v) is 9.11. The topological polar surface area (TPSA) is 86.8 Å². The lowest BCUT2D eigenvalue weighted by molar-refractivity contribution is -0.139. The molecule has 0 aliphatic rings. The van der Waals surface area contributed by atoms with Gasteiger partial charge in [-0.05, 0) is 88.4 Å². The van der Waals surface area contributed by atoms with Gasteiger partial charge < -0.3 is 10.2 Å². The monoisotopic (exact) mass is 563 g/mol. The fourth-order valence-electron chi connectivity index (χ4n) is 4.28. The van der Waals surface area contributed by atoms with E-state index in [1.165, 1.54) is 4.90 Å². The van der Waals surface area contributed by atoms with E-state index in [4.69, 9.17) is 0 Å². The molecule has 0 fully saturated rings. The quantitative estimate of drug-likeness (QED) is 0.329. The highest BCUT2D eigenvalue weighted by atomic mass is 32.2. The van der Waals surface area contributed by atoms with E-state index in [-0.39, 0.29) is 23.4 Å².